The van der Waals surface area contributed by atoms with Gasteiger partial charge in [-0.15, -0.1) is 0 Å². The van der Waals surface area contributed by atoms with Gasteiger partial charge < -0.3 is 15.2 Å². The Balaban J connectivity index is 2.43. The minimum atomic E-state index is -2.81. The summed E-state index contributed by atoms with van der Waals surface area (Å²) in [7, 11) is 0. The fraction of sp³-hybridized carbons (Fsp3) is 0.571. The number of hydrogen-bond acceptors (Lipinski definition) is 4. The van der Waals surface area contributed by atoms with Crippen LogP contribution in [-0.4, -0.2) is 25.3 Å². The van der Waals surface area contributed by atoms with E-state index in [4.69, 9.17) is 10.5 Å². The fourth-order valence-corrected chi connectivity index (χ4v) is 0.924. The number of halogens is 2. The summed E-state index contributed by atoms with van der Waals surface area (Å²) in [4.78, 5) is 3.81. The lowest BCUT2D eigenvalue weighted by molar-refractivity contribution is -0.126. The van der Waals surface area contributed by atoms with Crippen LogP contribution in [0.1, 0.15) is 6.92 Å². The average molecular weight is 192 g/mol. The van der Waals surface area contributed by atoms with Crippen molar-refractivity contribution in [3.05, 3.63) is 11.8 Å². The van der Waals surface area contributed by atoms with Crippen molar-refractivity contribution in [2.45, 2.75) is 19.6 Å². The molecule has 0 aliphatic carbocycles. The maximum atomic E-state index is 11.6. The zero-order valence-electron chi connectivity index (χ0n) is 7.04. The minimum absolute atomic E-state index is 0.0251. The van der Waals surface area contributed by atoms with Gasteiger partial charge in [0, 0.05) is 0 Å². The number of ether oxygens (including phenoxy) is 2. The van der Waals surface area contributed by atoms with E-state index in [1.807, 2.05) is 0 Å². The second-order valence-electron chi connectivity index (χ2n) is 2.51. The number of hydrogen-bond donors (Lipinski definition) is 1. The van der Waals surface area contributed by atoms with Gasteiger partial charge in [0.15, 0.2) is 0 Å². The second kappa shape index (κ2) is 4.18. The summed E-state index contributed by atoms with van der Waals surface area (Å²) in [5.41, 5.74) is 5.27. The molecule has 0 amide bonds. The molecule has 0 spiro atoms. The lowest BCUT2D eigenvalue weighted by Gasteiger charge is -2.15. The van der Waals surface area contributed by atoms with Gasteiger partial charge in [0.1, 0.15) is 12.4 Å². The Hall–Kier alpha value is -1.17. The van der Waals surface area contributed by atoms with Crippen LogP contribution in [0, 0.1) is 0 Å². The lowest BCUT2D eigenvalue weighted by atomic mass is 10.3. The highest BCUT2D eigenvalue weighted by Crippen LogP contribution is 2.10. The molecule has 0 unspecified atom stereocenters. The SMILES string of the molecule is C[C@H]1C=C(COC(F)F)OC(N)=N1. The normalized spacial score (nSPS) is 22.3. The predicted octanol–water partition coefficient (Wildman–Crippen LogP) is 0.843. The number of aliphatic imine (C=N–C) groups is 1. The van der Waals surface area contributed by atoms with E-state index in [2.05, 4.69) is 9.73 Å². The van der Waals surface area contributed by atoms with Crippen molar-refractivity contribution in [3.63, 3.8) is 0 Å². The summed E-state index contributed by atoms with van der Waals surface area (Å²) in [6.45, 7) is -1.34. The van der Waals surface area contributed by atoms with Gasteiger partial charge in [-0.2, -0.15) is 8.78 Å². The molecule has 74 valence electrons. The number of nitrogens with zero attached hydrogens (tertiary/aromatic N) is 1. The van der Waals surface area contributed by atoms with E-state index in [0.29, 0.717) is 0 Å². The maximum Gasteiger partial charge on any atom is 0.345 e. The molecule has 0 fully saturated rings. The molecule has 0 aromatic carbocycles. The van der Waals surface area contributed by atoms with Crippen LogP contribution in [0.25, 0.3) is 0 Å². The number of amidine groups is 1. The van der Waals surface area contributed by atoms with E-state index in [9.17, 15) is 8.78 Å². The van der Waals surface area contributed by atoms with Gasteiger partial charge in [0.2, 0.25) is 0 Å². The largest absolute Gasteiger partial charge is 0.429 e. The average Bonchev–Trinajstić information content (AvgIpc) is 1.99. The first-order valence-electron chi connectivity index (χ1n) is 3.69. The highest BCUT2D eigenvalue weighted by molar-refractivity contribution is 5.73. The van der Waals surface area contributed by atoms with Crippen molar-refractivity contribution in [1.29, 1.82) is 0 Å². The van der Waals surface area contributed by atoms with E-state index >= 15 is 0 Å². The molecule has 0 aromatic heterocycles. The summed E-state index contributed by atoms with van der Waals surface area (Å²) < 4.78 is 32.1. The lowest BCUT2D eigenvalue weighted by Crippen LogP contribution is -2.24. The fourth-order valence-electron chi connectivity index (χ4n) is 0.924. The van der Waals surface area contributed by atoms with Gasteiger partial charge in [-0.3, -0.25) is 0 Å². The van der Waals surface area contributed by atoms with E-state index in [1.54, 1.807) is 13.0 Å². The molecule has 1 aliphatic heterocycles. The summed E-state index contributed by atoms with van der Waals surface area (Å²) >= 11 is 0. The maximum absolute atomic E-state index is 11.6. The molecule has 1 rings (SSSR count). The van der Waals surface area contributed by atoms with Crippen molar-refractivity contribution in [3.8, 4) is 0 Å². The molecule has 0 bridgehead atoms. The zero-order chi connectivity index (χ0) is 9.84. The molecule has 1 heterocycles. The van der Waals surface area contributed by atoms with Crippen LogP contribution in [-0.2, 0) is 9.47 Å². The Morgan fingerprint density at radius 2 is 2.46 bits per heavy atom. The molecule has 0 saturated heterocycles. The zero-order valence-corrected chi connectivity index (χ0v) is 7.04. The third kappa shape index (κ3) is 3.37. The first-order chi connectivity index (χ1) is 6.08. The molecule has 1 atom stereocenters. The van der Waals surface area contributed by atoms with Gasteiger partial charge >= 0.3 is 6.61 Å². The van der Waals surface area contributed by atoms with E-state index in [-0.39, 0.29) is 24.4 Å². The number of rotatable bonds is 3. The Morgan fingerprint density at radius 1 is 1.77 bits per heavy atom. The van der Waals surface area contributed by atoms with Crippen molar-refractivity contribution >= 4 is 6.02 Å². The van der Waals surface area contributed by atoms with Crippen LogP contribution < -0.4 is 5.73 Å². The third-order valence-electron chi connectivity index (χ3n) is 1.35. The van der Waals surface area contributed by atoms with Gasteiger partial charge in [-0.1, -0.05) is 0 Å². The molecular weight excluding hydrogens is 182 g/mol. The molecule has 1 aliphatic rings. The molecule has 0 radical (unpaired) electrons. The summed E-state index contributed by atoms with van der Waals surface area (Å²) in [6, 6.07) is -0.187. The van der Waals surface area contributed by atoms with Gasteiger partial charge in [-0.05, 0) is 13.0 Å². The first-order valence-corrected chi connectivity index (χ1v) is 3.69. The summed E-state index contributed by atoms with van der Waals surface area (Å²) in [5, 5.41) is 0. The highest BCUT2D eigenvalue weighted by atomic mass is 19.3. The van der Waals surface area contributed by atoms with Crippen LogP contribution >= 0.6 is 0 Å². The molecule has 0 aromatic rings. The van der Waals surface area contributed by atoms with E-state index < -0.39 is 6.61 Å². The Bertz CT molecular complexity index is 241. The molecule has 2 N–H and O–H groups in total. The number of nitrogens with two attached hydrogens (primary N) is 1. The monoisotopic (exact) mass is 192 g/mol. The third-order valence-corrected chi connectivity index (χ3v) is 1.35. The quantitative estimate of drug-likeness (QED) is 0.720. The molecule has 6 heteroatoms. The number of alkyl halides is 2. The van der Waals surface area contributed by atoms with Crippen molar-refractivity contribution in [2.75, 3.05) is 6.61 Å². The van der Waals surface area contributed by atoms with Crippen molar-refractivity contribution in [1.82, 2.24) is 0 Å². The smallest absolute Gasteiger partial charge is 0.345 e. The van der Waals surface area contributed by atoms with Crippen LogP contribution in [0.4, 0.5) is 8.78 Å². The topological polar surface area (TPSA) is 56.8 Å². The van der Waals surface area contributed by atoms with Crippen molar-refractivity contribution < 1.29 is 18.3 Å². The molecular formula is C7H10F2N2O2. The molecule has 13 heavy (non-hydrogen) atoms. The van der Waals surface area contributed by atoms with Gasteiger partial charge in [-0.25, -0.2) is 4.99 Å². The van der Waals surface area contributed by atoms with Crippen molar-refractivity contribution in [2.24, 2.45) is 10.7 Å². The predicted molar refractivity (Wildman–Crippen MR) is 42.2 cm³/mol. The Morgan fingerprint density at radius 3 is 3.00 bits per heavy atom. The van der Waals surface area contributed by atoms with E-state index in [1.165, 1.54) is 0 Å². The van der Waals surface area contributed by atoms with Gasteiger partial charge in [0.05, 0.1) is 6.04 Å². The van der Waals surface area contributed by atoms with E-state index in [0.717, 1.165) is 0 Å². The van der Waals surface area contributed by atoms with Gasteiger partial charge in [0.25, 0.3) is 6.02 Å². The van der Waals surface area contributed by atoms with Crippen LogP contribution in [0.2, 0.25) is 0 Å². The van der Waals surface area contributed by atoms with Crippen LogP contribution in [0.3, 0.4) is 0 Å². The standard InChI is InChI=1S/C7H10F2N2O2/c1-4-2-5(3-12-6(8)9)13-7(10)11-4/h2,4,6H,3H2,1H3,(H2,10,11)/t4-/m0/s1. The van der Waals surface area contributed by atoms with Crippen LogP contribution in [0.15, 0.2) is 16.8 Å². The minimum Gasteiger partial charge on any atom is -0.429 e. The Kier molecular flexibility index (Phi) is 3.18. The summed E-state index contributed by atoms with van der Waals surface area (Å²) in [6.07, 6.45) is 1.57. The first kappa shape index (κ1) is 9.91. The molecule has 4 nitrogen and oxygen atoms in total. The highest BCUT2D eigenvalue weighted by Gasteiger charge is 2.13. The molecule has 0 saturated carbocycles. The second-order valence-corrected chi connectivity index (χ2v) is 2.51. The summed E-state index contributed by atoms with van der Waals surface area (Å²) in [5.74, 6) is 0.264. The van der Waals surface area contributed by atoms with Crippen LogP contribution in [0.5, 0.6) is 0 Å². The Labute approximate surface area is 74.0 Å².